The molecule has 0 saturated heterocycles. The van der Waals surface area contributed by atoms with E-state index in [0.717, 1.165) is 4.68 Å². The minimum atomic E-state index is -0.413. The quantitative estimate of drug-likeness (QED) is 0.647. The summed E-state index contributed by atoms with van der Waals surface area (Å²) >= 11 is 1.37. The van der Waals surface area contributed by atoms with Crippen LogP contribution < -0.4 is 11.4 Å². The number of nitrogens with two attached hydrogens (primary N) is 1. The Morgan fingerprint density at radius 3 is 2.47 bits per heavy atom. The van der Waals surface area contributed by atoms with E-state index in [0.29, 0.717) is 10.7 Å². The summed E-state index contributed by atoms with van der Waals surface area (Å²) in [7, 11) is 0. The van der Waals surface area contributed by atoms with Crippen molar-refractivity contribution in [3.63, 3.8) is 0 Å². The molecule has 0 aliphatic rings. The lowest BCUT2D eigenvalue weighted by molar-refractivity contribution is 0.475. The molecule has 0 fully saturated rings. The molecule has 1 heterocycles. The number of rotatable bonds is 3. The van der Waals surface area contributed by atoms with Gasteiger partial charge in [0.25, 0.3) is 5.56 Å². The average Bonchev–Trinajstić information content (AvgIpc) is 2.36. The van der Waals surface area contributed by atoms with Crippen LogP contribution in [0.5, 0.6) is 5.75 Å². The highest BCUT2D eigenvalue weighted by molar-refractivity contribution is 7.99. The standard InChI is InChI=1S/C12H14N4O2S/c1-7(2)19-12-15-14-10(11(18)16(12)13)8-3-5-9(17)6-4-8/h3-7,17H,13H2,1-2H3. The maximum Gasteiger partial charge on any atom is 0.299 e. The normalized spacial score (nSPS) is 10.9. The van der Waals surface area contributed by atoms with Crippen molar-refractivity contribution in [3.05, 3.63) is 34.6 Å². The smallest absolute Gasteiger partial charge is 0.299 e. The molecule has 19 heavy (non-hydrogen) atoms. The second-order valence-electron chi connectivity index (χ2n) is 4.22. The van der Waals surface area contributed by atoms with E-state index in [2.05, 4.69) is 10.2 Å². The van der Waals surface area contributed by atoms with Gasteiger partial charge in [-0.1, -0.05) is 25.6 Å². The monoisotopic (exact) mass is 278 g/mol. The zero-order valence-corrected chi connectivity index (χ0v) is 11.4. The van der Waals surface area contributed by atoms with Crippen molar-refractivity contribution in [1.82, 2.24) is 14.9 Å². The number of hydrogen-bond donors (Lipinski definition) is 2. The van der Waals surface area contributed by atoms with Crippen molar-refractivity contribution >= 4 is 11.8 Å². The SMILES string of the molecule is CC(C)Sc1nnc(-c2ccc(O)cc2)c(=O)n1N. The first kappa shape index (κ1) is 13.4. The summed E-state index contributed by atoms with van der Waals surface area (Å²) in [4.78, 5) is 12.1. The van der Waals surface area contributed by atoms with Gasteiger partial charge in [0.15, 0.2) is 5.69 Å². The summed E-state index contributed by atoms with van der Waals surface area (Å²) in [6.07, 6.45) is 0. The predicted molar refractivity (Wildman–Crippen MR) is 74.5 cm³/mol. The largest absolute Gasteiger partial charge is 0.508 e. The highest BCUT2D eigenvalue weighted by Crippen LogP contribution is 2.20. The Hall–Kier alpha value is -2.02. The van der Waals surface area contributed by atoms with Crippen LogP contribution in [0, 0.1) is 0 Å². The molecule has 0 aliphatic heterocycles. The lowest BCUT2D eigenvalue weighted by Crippen LogP contribution is -2.32. The van der Waals surface area contributed by atoms with Crippen LogP contribution in [-0.2, 0) is 0 Å². The lowest BCUT2D eigenvalue weighted by Gasteiger charge is -2.09. The van der Waals surface area contributed by atoms with E-state index >= 15 is 0 Å². The molecule has 7 heteroatoms. The van der Waals surface area contributed by atoms with E-state index in [9.17, 15) is 9.90 Å². The van der Waals surface area contributed by atoms with Crippen molar-refractivity contribution in [3.8, 4) is 17.0 Å². The molecule has 0 radical (unpaired) electrons. The molecular formula is C12H14N4O2S. The number of benzene rings is 1. The lowest BCUT2D eigenvalue weighted by atomic mass is 10.1. The molecule has 3 N–H and O–H groups in total. The van der Waals surface area contributed by atoms with Crippen LogP contribution in [0.1, 0.15) is 13.8 Å². The third-order valence-electron chi connectivity index (χ3n) is 2.34. The summed E-state index contributed by atoms with van der Waals surface area (Å²) in [6, 6.07) is 6.15. The Morgan fingerprint density at radius 2 is 1.89 bits per heavy atom. The molecule has 2 rings (SSSR count). The van der Waals surface area contributed by atoms with Crippen LogP contribution in [-0.4, -0.2) is 25.2 Å². The number of phenols is 1. The zero-order valence-electron chi connectivity index (χ0n) is 10.6. The van der Waals surface area contributed by atoms with Crippen LogP contribution in [0.25, 0.3) is 11.3 Å². The van der Waals surface area contributed by atoms with Crippen molar-refractivity contribution < 1.29 is 5.11 Å². The topological polar surface area (TPSA) is 94.0 Å². The Labute approximate surface area is 114 Å². The van der Waals surface area contributed by atoms with Crippen LogP contribution >= 0.6 is 11.8 Å². The second kappa shape index (κ2) is 5.31. The van der Waals surface area contributed by atoms with Crippen LogP contribution in [0.2, 0.25) is 0 Å². The molecule has 0 amide bonds. The Balaban J connectivity index is 2.47. The van der Waals surface area contributed by atoms with Gasteiger partial charge in [-0.25, -0.2) is 0 Å². The first-order valence-corrected chi connectivity index (χ1v) is 6.58. The van der Waals surface area contributed by atoms with Crippen molar-refractivity contribution in [2.24, 2.45) is 0 Å². The molecule has 2 aromatic rings. The third-order valence-corrected chi connectivity index (χ3v) is 3.31. The van der Waals surface area contributed by atoms with E-state index < -0.39 is 5.56 Å². The first-order chi connectivity index (χ1) is 8.99. The molecular weight excluding hydrogens is 264 g/mol. The van der Waals surface area contributed by atoms with Crippen LogP contribution in [0.3, 0.4) is 0 Å². The van der Waals surface area contributed by atoms with E-state index in [1.165, 1.54) is 23.9 Å². The van der Waals surface area contributed by atoms with Crippen LogP contribution in [0.4, 0.5) is 0 Å². The molecule has 1 aromatic carbocycles. The molecule has 6 nitrogen and oxygen atoms in total. The highest BCUT2D eigenvalue weighted by atomic mass is 32.2. The Kier molecular flexibility index (Phi) is 3.75. The number of aromatic nitrogens is 3. The van der Waals surface area contributed by atoms with E-state index in [4.69, 9.17) is 5.84 Å². The fraction of sp³-hybridized carbons (Fsp3) is 0.250. The predicted octanol–water partition coefficient (Wildman–Crippen LogP) is 1.23. The highest BCUT2D eigenvalue weighted by Gasteiger charge is 2.13. The molecule has 1 aromatic heterocycles. The fourth-order valence-corrected chi connectivity index (χ4v) is 2.18. The molecule has 0 saturated carbocycles. The first-order valence-electron chi connectivity index (χ1n) is 5.70. The number of nitrogens with zero attached hydrogens (tertiary/aromatic N) is 3. The molecule has 0 aliphatic carbocycles. The van der Waals surface area contributed by atoms with E-state index in [1.54, 1.807) is 12.1 Å². The van der Waals surface area contributed by atoms with Gasteiger partial charge >= 0.3 is 0 Å². The summed E-state index contributed by atoms with van der Waals surface area (Å²) < 4.78 is 1.000. The maximum atomic E-state index is 12.1. The molecule has 0 atom stereocenters. The summed E-state index contributed by atoms with van der Waals surface area (Å²) in [5.74, 6) is 5.85. The average molecular weight is 278 g/mol. The van der Waals surface area contributed by atoms with Gasteiger partial charge in [-0.2, -0.15) is 4.68 Å². The number of phenolic OH excluding ortho intramolecular Hbond substituents is 1. The molecule has 0 spiro atoms. The summed E-state index contributed by atoms with van der Waals surface area (Å²) in [5.41, 5.74) is 0.315. The van der Waals surface area contributed by atoms with Crippen LogP contribution in [0.15, 0.2) is 34.2 Å². The molecule has 0 unspecified atom stereocenters. The van der Waals surface area contributed by atoms with Crippen molar-refractivity contribution in [2.45, 2.75) is 24.3 Å². The van der Waals surface area contributed by atoms with Gasteiger partial charge in [0.05, 0.1) is 0 Å². The number of nitrogen functional groups attached to an aromatic ring is 1. The van der Waals surface area contributed by atoms with Gasteiger partial charge in [0.2, 0.25) is 5.16 Å². The second-order valence-corrected chi connectivity index (χ2v) is 5.76. The Morgan fingerprint density at radius 1 is 1.26 bits per heavy atom. The van der Waals surface area contributed by atoms with Gasteiger partial charge in [0, 0.05) is 10.8 Å². The summed E-state index contributed by atoms with van der Waals surface area (Å²) in [6.45, 7) is 3.95. The minimum Gasteiger partial charge on any atom is -0.508 e. The fourth-order valence-electron chi connectivity index (χ4n) is 1.48. The molecule has 100 valence electrons. The van der Waals surface area contributed by atoms with Gasteiger partial charge in [-0.15, -0.1) is 10.2 Å². The third kappa shape index (κ3) is 2.87. The van der Waals surface area contributed by atoms with Gasteiger partial charge in [-0.3, -0.25) is 4.79 Å². The maximum absolute atomic E-state index is 12.1. The van der Waals surface area contributed by atoms with Gasteiger partial charge in [-0.05, 0) is 24.3 Å². The van der Waals surface area contributed by atoms with Gasteiger partial charge in [0.1, 0.15) is 5.75 Å². The number of aromatic hydroxyl groups is 1. The van der Waals surface area contributed by atoms with E-state index in [1.807, 2.05) is 13.8 Å². The van der Waals surface area contributed by atoms with Crippen molar-refractivity contribution in [2.75, 3.05) is 5.84 Å². The number of hydrogen-bond acceptors (Lipinski definition) is 6. The minimum absolute atomic E-state index is 0.122. The van der Waals surface area contributed by atoms with Crippen molar-refractivity contribution in [1.29, 1.82) is 0 Å². The Bertz CT molecular complexity index is 637. The van der Waals surface area contributed by atoms with Gasteiger partial charge < -0.3 is 10.9 Å². The zero-order chi connectivity index (χ0) is 14.0. The summed E-state index contributed by atoms with van der Waals surface area (Å²) in [5, 5.41) is 17.7. The number of thioether (sulfide) groups is 1. The van der Waals surface area contributed by atoms with E-state index in [-0.39, 0.29) is 16.7 Å². The molecule has 0 bridgehead atoms.